The monoisotopic (exact) mass is 379 g/mol. The van der Waals surface area contributed by atoms with Gasteiger partial charge in [-0.3, -0.25) is 4.79 Å². The number of thiophene rings is 1. The summed E-state index contributed by atoms with van der Waals surface area (Å²) >= 11 is 1.52. The van der Waals surface area contributed by atoms with Gasteiger partial charge in [-0.1, -0.05) is 6.07 Å². The van der Waals surface area contributed by atoms with Crippen molar-refractivity contribution in [3.63, 3.8) is 0 Å². The van der Waals surface area contributed by atoms with Gasteiger partial charge in [-0.25, -0.2) is 4.98 Å². The molecule has 27 heavy (non-hydrogen) atoms. The molecule has 1 saturated heterocycles. The molecular weight excluding hydrogens is 358 g/mol. The van der Waals surface area contributed by atoms with Crippen LogP contribution in [0.4, 0.5) is 5.69 Å². The highest BCUT2D eigenvalue weighted by atomic mass is 32.1. The van der Waals surface area contributed by atoms with Gasteiger partial charge in [0, 0.05) is 0 Å². The fourth-order valence-corrected chi connectivity index (χ4v) is 4.83. The van der Waals surface area contributed by atoms with Crippen LogP contribution in [-0.4, -0.2) is 40.0 Å². The van der Waals surface area contributed by atoms with E-state index in [1.807, 2.05) is 17.5 Å². The fourth-order valence-electron chi connectivity index (χ4n) is 4.01. The number of nitrogens with one attached hydrogen (secondary N) is 2. The number of piperidine rings is 1. The number of hydrogen-bond donors (Lipinski definition) is 3. The largest absolute Gasteiger partial charge is 0.397 e. The molecule has 5 rings (SSSR count). The molecule has 0 atom stereocenters. The van der Waals surface area contributed by atoms with E-state index < -0.39 is 0 Å². The number of H-pyrrole nitrogens is 2. The molecule has 4 N–H and O–H groups in total. The number of aromatic nitrogens is 3. The summed E-state index contributed by atoms with van der Waals surface area (Å²) in [4.78, 5) is 25.8. The smallest absolute Gasteiger partial charge is 0.261 e. The predicted octanol–water partition coefficient (Wildman–Crippen LogP) is 3.52. The number of imidazole rings is 1. The highest BCUT2D eigenvalue weighted by molar-refractivity contribution is 7.17. The van der Waals surface area contributed by atoms with Crippen molar-refractivity contribution in [3.05, 3.63) is 45.6 Å². The number of benzene rings is 1. The molecule has 4 aromatic rings. The van der Waals surface area contributed by atoms with Gasteiger partial charge in [0.25, 0.3) is 5.56 Å². The molecule has 0 bridgehead atoms. The lowest BCUT2D eigenvalue weighted by Crippen LogP contribution is -2.29. The lowest BCUT2D eigenvalue weighted by Gasteiger charge is -2.29. The van der Waals surface area contributed by atoms with E-state index in [-0.39, 0.29) is 5.56 Å². The number of likely N-dealkylation sites (tertiary alicyclic amines) is 1. The molecule has 3 aromatic heterocycles. The third-order valence-electron chi connectivity index (χ3n) is 5.59. The van der Waals surface area contributed by atoms with Crippen molar-refractivity contribution in [2.45, 2.75) is 18.8 Å². The van der Waals surface area contributed by atoms with Crippen LogP contribution in [0.15, 0.2) is 34.4 Å². The molecule has 7 heteroatoms. The van der Waals surface area contributed by atoms with E-state index in [0.717, 1.165) is 34.3 Å². The maximum atomic E-state index is 12.6. The van der Waals surface area contributed by atoms with Gasteiger partial charge in [-0.15, -0.1) is 11.3 Å². The Kier molecular flexibility index (Phi) is 3.80. The molecular formula is C20H21N5OS. The number of nitrogen functional groups attached to an aromatic ring is 1. The molecule has 1 aliphatic rings. The zero-order valence-corrected chi connectivity index (χ0v) is 15.9. The number of pyridine rings is 1. The van der Waals surface area contributed by atoms with Gasteiger partial charge in [-0.05, 0) is 68.0 Å². The van der Waals surface area contributed by atoms with Crippen LogP contribution in [0, 0.1) is 0 Å². The van der Waals surface area contributed by atoms with E-state index in [9.17, 15) is 4.79 Å². The average molecular weight is 379 g/mol. The molecule has 138 valence electrons. The van der Waals surface area contributed by atoms with E-state index in [4.69, 9.17) is 5.73 Å². The Labute approximate surface area is 160 Å². The number of nitrogens with two attached hydrogens (primary N) is 1. The van der Waals surface area contributed by atoms with Crippen LogP contribution in [0.5, 0.6) is 0 Å². The van der Waals surface area contributed by atoms with Crippen molar-refractivity contribution in [1.29, 1.82) is 0 Å². The van der Waals surface area contributed by atoms with Crippen LogP contribution < -0.4 is 11.3 Å². The predicted molar refractivity (Wildman–Crippen MR) is 111 cm³/mol. The molecule has 0 aliphatic carbocycles. The van der Waals surface area contributed by atoms with Crippen LogP contribution in [0.3, 0.4) is 0 Å². The standard InChI is InChI=1S/C20H21N5OS/c1-25-7-4-11(5-8-25)12-2-3-13-15(10-12)23-19(22-13)16-17(21)18-14(6-9-27-18)24-20(16)26/h2-3,6,9-11H,4-5,7-8H2,1H3,(H,22,23)(H3,21,24,26). The molecule has 0 radical (unpaired) electrons. The number of rotatable bonds is 2. The summed E-state index contributed by atoms with van der Waals surface area (Å²) in [5.74, 6) is 1.10. The topological polar surface area (TPSA) is 90.8 Å². The van der Waals surface area contributed by atoms with Crippen LogP contribution in [0.25, 0.3) is 32.6 Å². The van der Waals surface area contributed by atoms with Crippen molar-refractivity contribution < 1.29 is 0 Å². The number of fused-ring (bicyclic) bond motifs is 2. The summed E-state index contributed by atoms with van der Waals surface area (Å²) in [5.41, 5.74) is 10.9. The van der Waals surface area contributed by atoms with E-state index in [0.29, 0.717) is 23.0 Å². The first-order valence-electron chi connectivity index (χ1n) is 9.17. The van der Waals surface area contributed by atoms with E-state index in [2.05, 4.69) is 39.0 Å². The summed E-state index contributed by atoms with van der Waals surface area (Å²) in [6.45, 7) is 2.26. The van der Waals surface area contributed by atoms with Crippen molar-refractivity contribution in [2.24, 2.45) is 0 Å². The number of anilines is 1. The van der Waals surface area contributed by atoms with Crippen LogP contribution in [0.1, 0.15) is 24.3 Å². The number of hydrogen-bond acceptors (Lipinski definition) is 5. The summed E-state index contributed by atoms with van der Waals surface area (Å²) in [5, 5.41) is 1.92. The van der Waals surface area contributed by atoms with Gasteiger partial charge in [0.15, 0.2) is 0 Å². The first kappa shape index (κ1) is 16.5. The molecule has 1 aromatic carbocycles. The summed E-state index contributed by atoms with van der Waals surface area (Å²) in [6, 6.07) is 8.25. The second-order valence-corrected chi connectivity index (χ2v) is 8.26. The summed E-state index contributed by atoms with van der Waals surface area (Å²) in [7, 11) is 2.17. The van der Waals surface area contributed by atoms with Gasteiger partial charge in [0.05, 0.1) is 26.9 Å². The normalized spacial score (nSPS) is 16.5. The van der Waals surface area contributed by atoms with Crippen molar-refractivity contribution in [2.75, 3.05) is 25.9 Å². The van der Waals surface area contributed by atoms with E-state index in [1.54, 1.807) is 0 Å². The second kappa shape index (κ2) is 6.21. The summed E-state index contributed by atoms with van der Waals surface area (Å²) in [6.07, 6.45) is 2.34. The highest BCUT2D eigenvalue weighted by Crippen LogP contribution is 2.33. The molecule has 1 fully saturated rings. The molecule has 0 unspecified atom stereocenters. The second-order valence-electron chi connectivity index (χ2n) is 7.35. The minimum absolute atomic E-state index is 0.215. The Morgan fingerprint density at radius 2 is 2.00 bits per heavy atom. The lowest BCUT2D eigenvalue weighted by atomic mass is 9.89. The molecule has 4 heterocycles. The molecule has 6 nitrogen and oxygen atoms in total. The SMILES string of the molecule is CN1CCC(c2ccc3nc(-c4c(N)c5sccc5[nH]c4=O)[nH]c3c2)CC1. The molecule has 0 spiro atoms. The van der Waals surface area contributed by atoms with Crippen molar-refractivity contribution in [3.8, 4) is 11.4 Å². The Morgan fingerprint density at radius 1 is 1.19 bits per heavy atom. The third-order valence-corrected chi connectivity index (χ3v) is 6.53. The van der Waals surface area contributed by atoms with Crippen molar-refractivity contribution in [1.82, 2.24) is 19.9 Å². The first-order chi connectivity index (χ1) is 13.1. The van der Waals surface area contributed by atoms with Gasteiger partial charge < -0.3 is 20.6 Å². The third kappa shape index (κ3) is 2.74. The van der Waals surface area contributed by atoms with E-state index in [1.165, 1.54) is 29.7 Å². The molecule has 0 amide bonds. The maximum absolute atomic E-state index is 12.6. The average Bonchev–Trinajstić information content (AvgIpc) is 3.28. The van der Waals surface area contributed by atoms with Crippen LogP contribution >= 0.6 is 11.3 Å². The van der Waals surface area contributed by atoms with Crippen LogP contribution in [0.2, 0.25) is 0 Å². The van der Waals surface area contributed by atoms with Crippen molar-refractivity contribution >= 4 is 38.3 Å². The lowest BCUT2D eigenvalue weighted by molar-refractivity contribution is 0.255. The Morgan fingerprint density at radius 3 is 2.81 bits per heavy atom. The number of aromatic amines is 2. The highest BCUT2D eigenvalue weighted by Gasteiger charge is 2.20. The van der Waals surface area contributed by atoms with Gasteiger partial charge in [-0.2, -0.15) is 0 Å². The Balaban J connectivity index is 1.58. The maximum Gasteiger partial charge on any atom is 0.261 e. The quantitative estimate of drug-likeness (QED) is 0.497. The van der Waals surface area contributed by atoms with Crippen LogP contribution in [-0.2, 0) is 0 Å². The Hall–Kier alpha value is -2.64. The zero-order chi connectivity index (χ0) is 18.5. The molecule has 1 aliphatic heterocycles. The van der Waals surface area contributed by atoms with Gasteiger partial charge in [0.1, 0.15) is 11.4 Å². The minimum atomic E-state index is -0.215. The van der Waals surface area contributed by atoms with Gasteiger partial charge >= 0.3 is 0 Å². The number of nitrogens with zero attached hydrogens (tertiary/aromatic N) is 2. The zero-order valence-electron chi connectivity index (χ0n) is 15.1. The van der Waals surface area contributed by atoms with Gasteiger partial charge in [0.2, 0.25) is 0 Å². The Bertz CT molecular complexity index is 1200. The fraction of sp³-hybridized carbons (Fsp3) is 0.300. The summed E-state index contributed by atoms with van der Waals surface area (Å²) < 4.78 is 0.886. The van der Waals surface area contributed by atoms with E-state index >= 15 is 0 Å². The molecule has 0 saturated carbocycles. The minimum Gasteiger partial charge on any atom is -0.397 e. The first-order valence-corrected chi connectivity index (χ1v) is 10.1.